The Morgan fingerprint density at radius 3 is 2.51 bits per heavy atom. The first-order chi connectivity index (χ1) is 17.5. The number of benzene rings is 1. The van der Waals surface area contributed by atoms with Crippen LogP contribution in [0.15, 0.2) is 24.3 Å². The normalized spacial score (nSPS) is 30.9. The fourth-order valence-corrected chi connectivity index (χ4v) is 6.82. The molecule has 5 rings (SSSR count). The average molecular weight is 511 g/mol. The second kappa shape index (κ2) is 9.07. The van der Waals surface area contributed by atoms with Gasteiger partial charge in [-0.3, -0.25) is 9.59 Å². The molecule has 2 N–H and O–H groups in total. The van der Waals surface area contributed by atoms with Crippen molar-refractivity contribution in [3.63, 3.8) is 0 Å². The van der Waals surface area contributed by atoms with Gasteiger partial charge in [-0.25, -0.2) is 4.79 Å². The molecule has 3 saturated carbocycles. The fraction of sp³-hybridized carbons (Fsp3) is 0.621. The molecule has 2 bridgehead atoms. The monoisotopic (exact) mass is 510 g/mol. The van der Waals surface area contributed by atoms with Crippen molar-refractivity contribution in [2.75, 3.05) is 13.7 Å². The molecule has 4 aliphatic rings. The molecular weight excluding hydrogens is 472 g/mol. The van der Waals surface area contributed by atoms with Crippen LogP contribution in [0.5, 0.6) is 11.5 Å². The summed E-state index contributed by atoms with van der Waals surface area (Å²) in [5.74, 6) is 0.0174. The van der Waals surface area contributed by atoms with E-state index in [1.54, 1.807) is 23.1 Å². The maximum atomic E-state index is 13.5. The van der Waals surface area contributed by atoms with Crippen molar-refractivity contribution in [1.29, 1.82) is 0 Å². The predicted molar refractivity (Wildman–Crippen MR) is 138 cm³/mol. The number of phenols is 1. The van der Waals surface area contributed by atoms with E-state index in [2.05, 4.69) is 26.1 Å². The highest BCUT2D eigenvalue weighted by Crippen LogP contribution is 2.66. The summed E-state index contributed by atoms with van der Waals surface area (Å²) in [5.41, 5.74) is -0.164. The second-order valence-electron chi connectivity index (χ2n) is 12.0. The number of likely N-dealkylation sites (tertiary alicyclic amines) is 1. The molecule has 2 amide bonds. The van der Waals surface area contributed by atoms with Gasteiger partial charge < -0.3 is 24.8 Å². The van der Waals surface area contributed by atoms with E-state index >= 15 is 0 Å². The number of esters is 1. The first-order valence-corrected chi connectivity index (χ1v) is 13.4. The lowest BCUT2D eigenvalue weighted by Gasteiger charge is -2.39. The van der Waals surface area contributed by atoms with Gasteiger partial charge in [-0.05, 0) is 80.1 Å². The number of carbonyl (C=O) groups excluding carboxylic acids is 3. The van der Waals surface area contributed by atoms with Crippen molar-refractivity contribution in [2.24, 2.45) is 16.7 Å². The molecule has 1 heterocycles. The van der Waals surface area contributed by atoms with Crippen LogP contribution < -0.4 is 10.1 Å². The van der Waals surface area contributed by atoms with Crippen LogP contribution >= 0.6 is 0 Å². The zero-order valence-electron chi connectivity index (χ0n) is 22.2. The molecule has 1 aliphatic heterocycles. The molecule has 4 unspecified atom stereocenters. The number of ether oxygens (including phenoxy) is 2. The molecule has 0 radical (unpaired) electrons. The van der Waals surface area contributed by atoms with Crippen LogP contribution in [0.4, 0.5) is 0 Å². The Labute approximate surface area is 218 Å². The quantitative estimate of drug-likeness (QED) is 0.427. The van der Waals surface area contributed by atoms with E-state index in [4.69, 9.17) is 9.47 Å². The number of fused-ring (bicyclic) bond motifs is 2. The maximum Gasteiger partial charge on any atom is 0.329 e. The molecule has 1 aromatic rings. The minimum absolute atomic E-state index is 0.0172. The van der Waals surface area contributed by atoms with Crippen molar-refractivity contribution in [2.45, 2.75) is 83.4 Å². The van der Waals surface area contributed by atoms with Crippen LogP contribution in [0.1, 0.15) is 71.3 Å². The van der Waals surface area contributed by atoms with Gasteiger partial charge in [0.15, 0.2) is 11.5 Å². The summed E-state index contributed by atoms with van der Waals surface area (Å²) in [6, 6.07) is 4.19. The van der Waals surface area contributed by atoms with Crippen LogP contribution in [0.3, 0.4) is 0 Å². The highest BCUT2D eigenvalue weighted by Gasteiger charge is 2.63. The van der Waals surface area contributed by atoms with Crippen LogP contribution in [-0.4, -0.2) is 59.1 Å². The van der Waals surface area contributed by atoms with Gasteiger partial charge in [0, 0.05) is 18.0 Å². The third-order valence-corrected chi connectivity index (χ3v) is 9.91. The van der Waals surface area contributed by atoms with Gasteiger partial charge in [-0.2, -0.15) is 0 Å². The summed E-state index contributed by atoms with van der Waals surface area (Å²) in [7, 11) is 1.46. The minimum atomic E-state index is -0.961. The summed E-state index contributed by atoms with van der Waals surface area (Å²) in [6.45, 7) is 7.31. The zero-order chi connectivity index (χ0) is 26.6. The van der Waals surface area contributed by atoms with Crippen molar-refractivity contribution < 1.29 is 29.0 Å². The second-order valence-corrected chi connectivity index (χ2v) is 12.0. The molecular formula is C29H38N2O6. The molecule has 4 fully saturated rings. The van der Waals surface area contributed by atoms with Gasteiger partial charge in [-0.1, -0.05) is 26.8 Å². The van der Waals surface area contributed by atoms with Crippen LogP contribution in [-0.2, 0) is 19.1 Å². The standard InChI is InChI=1S/C29H38N2O6/c1-27(2)19-11-12-28(27,3)23(17-19)37-25(34)20-6-5-15-31(20)26(35)29(13-14-29)30-24(33)10-8-18-7-9-21(32)22(16-18)36-4/h7-10,16,19-20,23,32H,5-6,11-15,17H2,1-4H3,(H,30,33)/b10-8+. The average Bonchev–Trinajstić information content (AvgIpc) is 3.33. The summed E-state index contributed by atoms with van der Waals surface area (Å²) in [4.78, 5) is 41.2. The van der Waals surface area contributed by atoms with Gasteiger partial charge in [-0.15, -0.1) is 0 Å². The lowest BCUT2D eigenvalue weighted by molar-refractivity contribution is -0.165. The van der Waals surface area contributed by atoms with E-state index < -0.39 is 11.6 Å². The van der Waals surface area contributed by atoms with E-state index in [0.29, 0.717) is 43.0 Å². The molecule has 0 spiro atoms. The van der Waals surface area contributed by atoms with Gasteiger partial charge >= 0.3 is 5.97 Å². The number of hydrogen-bond acceptors (Lipinski definition) is 6. The molecule has 8 heteroatoms. The van der Waals surface area contributed by atoms with E-state index in [-0.39, 0.29) is 40.5 Å². The van der Waals surface area contributed by atoms with Crippen LogP contribution in [0.25, 0.3) is 6.08 Å². The number of nitrogens with one attached hydrogen (secondary N) is 1. The first-order valence-electron chi connectivity index (χ1n) is 13.4. The summed E-state index contributed by atoms with van der Waals surface area (Å²) in [5, 5.41) is 12.6. The van der Waals surface area contributed by atoms with Gasteiger partial charge in [0.25, 0.3) is 0 Å². The molecule has 200 valence electrons. The molecule has 37 heavy (non-hydrogen) atoms. The van der Waals surface area contributed by atoms with Crippen molar-refractivity contribution in [3.05, 3.63) is 29.8 Å². The largest absolute Gasteiger partial charge is 0.504 e. The molecule has 1 saturated heterocycles. The Kier molecular flexibility index (Phi) is 6.28. The summed E-state index contributed by atoms with van der Waals surface area (Å²) >= 11 is 0. The highest BCUT2D eigenvalue weighted by atomic mass is 16.5. The van der Waals surface area contributed by atoms with E-state index in [1.165, 1.54) is 25.7 Å². The maximum absolute atomic E-state index is 13.5. The van der Waals surface area contributed by atoms with E-state index in [9.17, 15) is 19.5 Å². The lowest BCUT2D eigenvalue weighted by Crippen LogP contribution is -2.54. The number of hydrogen-bond donors (Lipinski definition) is 2. The Morgan fingerprint density at radius 1 is 1.14 bits per heavy atom. The smallest absolute Gasteiger partial charge is 0.329 e. The Balaban J connectivity index is 1.21. The van der Waals surface area contributed by atoms with Crippen molar-refractivity contribution in [3.8, 4) is 11.5 Å². The summed E-state index contributed by atoms with van der Waals surface area (Å²) in [6.07, 6.45) is 8.44. The number of methoxy groups -OCH3 is 1. The van der Waals surface area contributed by atoms with E-state index in [1.807, 2.05) is 0 Å². The first kappa shape index (κ1) is 25.6. The number of carbonyl (C=O) groups is 3. The topological polar surface area (TPSA) is 105 Å². The number of nitrogens with zero attached hydrogens (tertiary/aromatic N) is 1. The molecule has 0 aromatic heterocycles. The molecule has 3 aliphatic carbocycles. The number of amides is 2. The third-order valence-electron chi connectivity index (χ3n) is 9.91. The van der Waals surface area contributed by atoms with Crippen LogP contribution in [0.2, 0.25) is 0 Å². The fourth-order valence-electron chi connectivity index (χ4n) is 6.82. The Hall–Kier alpha value is -3.03. The van der Waals surface area contributed by atoms with Crippen molar-refractivity contribution in [1.82, 2.24) is 10.2 Å². The highest BCUT2D eigenvalue weighted by molar-refractivity contribution is 6.00. The Morgan fingerprint density at radius 2 is 1.89 bits per heavy atom. The minimum Gasteiger partial charge on any atom is -0.504 e. The van der Waals surface area contributed by atoms with Gasteiger partial charge in [0.05, 0.1) is 7.11 Å². The van der Waals surface area contributed by atoms with Gasteiger partial charge in [0.1, 0.15) is 17.7 Å². The van der Waals surface area contributed by atoms with Gasteiger partial charge in [0.2, 0.25) is 11.8 Å². The molecule has 1 aromatic carbocycles. The lowest BCUT2D eigenvalue weighted by atomic mass is 9.70. The molecule has 4 atom stereocenters. The zero-order valence-corrected chi connectivity index (χ0v) is 22.2. The number of rotatable bonds is 7. The van der Waals surface area contributed by atoms with Crippen LogP contribution in [0, 0.1) is 16.7 Å². The summed E-state index contributed by atoms with van der Waals surface area (Å²) < 4.78 is 11.2. The van der Waals surface area contributed by atoms with E-state index in [0.717, 1.165) is 19.3 Å². The molecule has 8 nitrogen and oxygen atoms in total. The SMILES string of the molecule is COc1cc(/C=C/C(=O)NC2(C(=O)N3CCCC3C(=O)OC3CC4CCC3(C)C4(C)C)CC2)ccc1O. The van der Waals surface area contributed by atoms with Crippen molar-refractivity contribution >= 4 is 23.9 Å². The predicted octanol–water partition coefficient (Wildman–Crippen LogP) is 3.81. The third kappa shape index (κ3) is 4.28. The number of aromatic hydroxyl groups is 1. The number of phenolic OH excluding ortho intramolecular Hbond substituents is 1. The Bertz CT molecular complexity index is 1140.